The number of Topliss-reactive ketones (excluding diaryl/α,β-unsaturated/α-hetero) is 1. The second-order valence-corrected chi connectivity index (χ2v) is 3.14. The number of ether oxygens (including phenoxy) is 1. The minimum atomic E-state index is -0.328. The van der Waals surface area contributed by atoms with E-state index in [1.165, 1.54) is 0 Å². The van der Waals surface area contributed by atoms with Crippen LogP contribution in [-0.4, -0.2) is 18.5 Å². The molecule has 0 aromatic carbocycles. The van der Waals surface area contributed by atoms with Crippen molar-refractivity contribution in [3.63, 3.8) is 0 Å². The Labute approximate surface area is 62.6 Å². The molecule has 0 aromatic heterocycles. The topological polar surface area (TPSA) is 26.3 Å². The lowest BCUT2D eigenvalue weighted by Crippen LogP contribution is -2.35. The first-order chi connectivity index (χ1) is 4.41. The van der Waals surface area contributed by atoms with Crippen molar-refractivity contribution >= 4 is 5.78 Å². The molecule has 0 radical (unpaired) electrons. The summed E-state index contributed by atoms with van der Waals surface area (Å²) in [6.45, 7) is 7.30. The second kappa shape index (κ2) is 3.15. The van der Waals surface area contributed by atoms with Crippen molar-refractivity contribution in [3.8, 4) is 0 Å². The Morgan fingerprint density at radius 2 is 1.90 bits per heavy atom. The Kier molecular flexibility index (Phi) is 3.03. The van der Waals surface area contributed by atoms with E-state index in [9.17, 15) is 4.79 Å². The first-order valence-corrected chi connectivity index (χ1v) is 3.47. The van der Waals surface area contributed by atoms with E-state index in [0.29, 0.717) is 0 Å². The molecule has 0 aliphatic heterocycles. The summed E-state index contributed by atoms with van der Waals surface area (Å²) in [4.78, 5) is 10.9. The smallest absolute Gasteiger partial charge is 0.135 e. The van der Waals surface area contributed by atoms with E-state index in [-0.39, 0.29) is 17.3 Å². The molecule has 2 heteroatoms. The molecule has 10 heavy (non-hydrogen) atoms. The highest BCUT2D eigenvalue weighted by Gasteiger charge is 2.28. The summed E-state index contributed by atoms with van der Waals surface area (Å²) >= 11 is 0. The zero-order valence-corrected chi connectivity index (χ0v) is 7.39. The molecule has 0 amide bonds. The molecule has 0 aliphatic rings. The van der Waals surface area contributed by atoms with Crippen LogP contribution >= 0.6 is 0 Å². The fraction of sp³-hybridized carbons (Fsp3) is 0.875. The number of hydrogen-bond acceptors (Lipinski definition) is 2. The number of ketones is 1. The van der Waals surface area contributed by atoms with Crippen LogP contribution in [0.5, 0.6) is 0 Å². The van der Waals surface area contributed by atoms with Crippen molar-refractivity contribution in [3.05, 3.63) is 0 Å². The van der Waals surface area contributed by atoms with Crippen LogP contribution in [0.2, 0.25) is 0 Å². The van der Waals surface area contributed by atoms with Crippen LogP contribution < -0.4 is 0 Å². The summed E-state index contributed by atoms with van der Waals surface area (Å²) < 4.78 is 5.14. The van der Waals surface area contributed by atoms with Gasteiger partial charge in [-0.25, -0.2) is 0 Å². The van der Waals surface area contributed by atoms with Gasteiger partial charge < -0.3 is 4.74 Å². The third-order valence-electron chi connectivity index (χ3n) is 2.18. The molecule has 1 unspecified atom stereocenters. The molecule has 0 saturated carbocycles. The minimum absolute atomic E-state index is 0.0301. The normalized spacial score (nSPS) is 14.9. The Morgan fingerprint density at radius 3 is 2.00 bits per heavy atom. The predicted molar refractivity (Wildman–Crippen MR) is 40.9 cm³/mol. The van der Waals surface area contributed by atoms with Crippen molar-refractivity contribution in [2.75, 3.05) is 7.11 Å². The molecular weight excluding hydrogens is 128 g/mol. The lowest BCUT2D eigenvalue weighted by molar-refractivity contribution is -0.129. The van der Waals surface area contributed by atoms with E-state index in [1.54, 1.807) is 14.0 Å². The maximum absolute atomic E-state index is 10.9. The lowest BCUT2D eigenvalue weighted by Gasteiger charge is -2.28. The summed E-state index contributed by atoms with van der Waals surface area (Å²) in [6.07, 6.45) is 0. The maximum Gasteiger partial charge on any atom is 0.135 e. The first-order valence-electron chi connectivity index (χ1n) is 3.47. The van der Waals surface area contributed by atoms with Crippen LogP contribution in [0.25, 0.3) is 0 Å². The van der Waals surface area contributed by atoms with Crippen LogP contribution in [0.4, 0.5) is 0 Å². The average Bonchev–Trinajstić information content (AvgIpc) is 1.86. The fourth-order valence-corrected chi connectivity index (χ4v) is 0.666. The molecule has 0 bridgehead atoms. The zero-order chi connectivity index (χ0) is 8.36. The summed E-state index contributed by atoms with van der Waals surface area (Å²) in [5.74, 6) is 0.143. The van der Waals surface area contributed by atoms with Crippen LogP contribution in [0.1, 0.15) is 27.7 Å². The van der Waals surface area contributed by atoms with Crippen molar-refractivity contribution < 1.29 is 9.53 Å². The Bertz CT molecular complexity index is 127. The Balaban J connectivity index is 4.17. The number of hydrogen-bond donors (Lipinski definition) is 0. The van der Waals surface area contributed by atoms with E-state index >= 15 is 0 Å². The number of methoxy groups -OCH3 is 1. The van der Waals surface area contributed by atoms with E-state index in [1.807, 2.05) is 20.8 Å². The van der Waals surface area contributed by atoms with Gasteiger partial charge in [-0.3, -0.25) is 4.79 Å². The summed E-state index contributed by atoms with van der Waals surface area (Å²) in [6, 6.07) is 0. The molecule has 0 aromatic rings. The Morgan fingerprint density at radius 1 is 1.50 bits per heavy atom. The quantitative estimate of drug-likeness (QED) is 0.602. The van der Waals surface area contributed by atoms with E-state index in [4.69, 9.17) is 4.74 Å². The maximum atomic E-state index is 10.9. The van der Waals surface area contributed by atoms with Gasteiger partial charge in [0.15, 0.2) is 0 Å². The molecule has 60 valence electrons. The van der Waals surface area contributed by atoms with Gasteiger partial charge in [0.1, 0.15) is 5.78 Å². The molecule has 2 nitrogen and oxygen atoms in total. The van der Waals surface area contributed by atoms with Gasteiger partial charge in [0.05, 0.1) is 5.60 Å². The highest BCUT2D eigenvalue weighted by Crippen LogP contribution is 2.20. The van der Waals surface area contributed by atoms with Crippen molar-refractivity contribution in [2.24, 2.45) is 5.92 Å². The second-order valence-electron chi connectivity index (χ2n) is 3.14. The Hall–Kier alpha value is -0.370. The van der Waals surface area contributed by atoms with Gasteiger partial charge in [-0.2, -0.15) is 0 Å². The molecular formula is C8H16O2. The number of carbonyl (C=O) groups excluding carboxylic acids is 1. The highest BCUT2D eigenvalue weighted by atomic mass is 16.5. The molecule has 0 heterocycles. The highest BCUT2D eigenvalue weighted by molar-refractivity contribution is 5.79. The monoisotopic (exact) mass is 144 g/mol. The summed E-state index contributed by atoms with van der Waals surface area (Å²) in [7, 11) is 1.62. The minimum Gasteiger partial charge on any atom is -0.378 e. The average molecular weight is 144 g/mol. The van der Waals surface area contributed by atoms with Gasteiger partial charge in [-0.1, -0.05) is 6.92 Å². The third-order valence-corrected chi connectivity index (χ3v) is 2.18. The van der Waals surface area contributed by atoms with Crippen LogP contribution in [-0.2, 0) is 9.53 Å². The van der Waals surface area contributed by atoms with Crippen LogP contribution in [0.15, 0.2) is 0 Å². The predicted octanol–water partition coefficient (Wildman–Crippen LogP) is 1.64. The SMILES string of the molecule is COC(C)(C)C(C)C(C)=O. The van der Waals surface area contributed by atoms with E-state index in [2.05, 4.69) is 0 Å². The van der Waals surface area contributed by atoms with Crippen molar-refractivity contribution in [1.29, 1.82) is 0 Å². The molecule has 0 saturated heterocycles. The van der Waals surface area contributed by atoms with E-state index < -0.39 is 0 Å². The van der Waals surface area contributed by atoms with Gasteiger partial charge in [0.25, 0.3) is 0 Å². The van der Waals surface area contributed by atoms with Crippen molar-refractivity contribution in [2.45, 2.75) is 33.3 Å². The van der Waals surface area contributed by atoms with Gasteiger partial charge in [0.2, 0.25) is 0 Å². The molecule has 1 atom stereocenters. The van der Waals surface area contributed by atoms with E-state index in [0.717, 1.165) is 0 Å². The first kappa shape index (κ1) is 9.63. The number of carbonyl (C=O) groups is 1. The standard InChI is InChI=1S/C8H16O2/c1-6(7(2)9)8(3,4)10-5/h6H,1-5H3. The summed E-state index contributed by atoms with van der Waals surface area (Å²) in [5.41, 5.74) is -0.328. The molecule has 0 fully saturated rings. The fourth-order valence-electron chi connectivity index (χ4n) is 0.666. The van der Waals surface area contributed by atoms with Gasteiger partial charge in [0, 0.05) is 13.0 Å². The largest absolute Gasteiger partial charge is 0.378 e. The summed E-state index contributed by atoms with van der Waals surface area (Å²) in [5, 5.41) is 0. The molecule has 0 aliphatic carbocycles. The van der Waals surface area contributed by atoms with Crippen molar-refractivity contribution in [1.82, 2.24) is 0 Å². The van der Waals surface area contributed by atoms with Crippen LogP contribution in [0.3, 0.4) is 0 Å². The molecule has 0 spiro atoms. The third kappa shape index (κ3) is 2.10. The van der Waals surface area contributed by atoms with Gasteiger partial charge in [-0.15, -0.1) is 0 Å². The molecule has 0 rings (SSSR count). The zero-order valence-electron chi connectivity index (χ0n) is 7.39. The van der Waals surface area contributed by atoms with Gasteiger partial charge >= 0.3 is 0 Å². The van der Waals surface area contributed by atoms with Gasteiger partial charge in [-0.05, 0) is 20.8 Å². The lowest BCUT2D eigenvalue weighted by atomic mass is 9.90. The van der Waals surface area contributed by atoms with Crippen LogP contribution in [0, 0.1) is 5.92 Å². The number of rotatable bonds is 3. The molecule has 0 N–H and O–H groups in total.